The van der Waals surface area contributed by atoms with Crippen LogP contribution in [0.4, 0.5) is 11.4 Å². The second-order valence-corrected chi connectivity index (χ2v) is 7.34. The van der Waals surface area contributed by atoms with Crippen molar-refractivity contribution < 1.29 is 9.53 Å². The van der Waals surface area contributed by atoms with E-state index in [9.17, 15) is 4.79 Å². The fourth-order valence-corrected chi connectivity index (χ4v) is 3.88. The molecule has 1 N–H and O–H groups in total. The van der Waals surface area contributed by atoms with E-state index in [0.29, 0.717) is 5.56 Å². The molecular formula is C21H21N3O2S. The van der Waals surface area contributed by atoms with E-state index >= 15 is 0 Å². The first kappa shape index (κ1) is 17.7. The molecule has 0 aliphatic carbocycles. The summed E-state index contributed by atoms with van der Waals surface area (Å²) < 4.78 is 5.41. The zero-order valence-corrected chi connectivity index (χ0v) is 16.0. The predicted molar refractivity (Wildman–Crippen MR) is 110 cm³/mol. The van der Waals surface area contributed by atoms with Gasteiger partial charge in [-0.2, -0.15) is 0 Å². The van der Waals surface area contributed by atoms with Crippen LogP contribution in [0.3, 0.4) is 0 Å². The molecule has 0 spiro atoms. The number of ether oxygens (including phenoxy) is 1. The molecule has 0 radical (unpaired) electrons. The topological polar surface area (TPSA) is 54.5 Å². The first-order valence-corrected chi connectivity index (χ1v) is 9.84. The molecule has 0 saturated carbocycles. The fourth-order valence-electron chi connectivity index (χ4n) is 3.09. The molecule has 27 heavy (non-hydrogen) atoms. The van der Waals surface area contributed by atoms with E-state index in [0.717, 1.165) is 53.9 Å². The van der Waals surface area contributed by atoms with E-state index in [2.05, 4.69) is 21.3 Å². The average molecular weight is 379 g/mol. The Kier molecular flexibility index (Phi) is 5.18. The number of thiazole rings is 1. The maximum atomic E-state index is 12.7. The molecule has 1 aliphatic rings. The lowest BCUT2D eigenvalue weighted by Crippen LogP contribution is -2.36. The third-order valence-corrected chi connectivity index (χ3v) is 5.48. The Bertz CT molecular complexity index is 948. The lowest BCUT2D eigenvalue weighted by molar-refractivity contribution is 0.102. The zero-order chi connectivity index (χ0) is 18.6. The van der Waals surface area contributed by atoms with Crippen molar-refractivity contribution in [2.75, 3.05) is 36.5 Å². The van der Waals surface area contributed by atoms with Crippen molar-refractivity contribution in [1.82, 2.24) is 4.98 Å². The van der Waals surface area contributed by atoms with Crippen LogP contribution in [-0.2, 0) is 4.74 Å². The Morgan fingerprint density at radius 1 is 1.15 bits per heavy atom. The summed E-state index contributed by atoms with van der Waals surface area (Å²) in [6, 6.07) is 15.5. The highest BCUT2D eigenvalue weighted by atomic mass is 32.1. The summed E-state index contributed by atoms with van der Waals surface area (Å²) in [4.78, 5) is 19.5. The number of morpholine rings is 1. The molecule has 4 rings (SSSR count). The molecule has 1 fully saturated rings. The minimum Gasteiger partial charge on any atom is -0.378 e. The second-order valence-electron chi connectivity index (χ2n) is 6.48. The Hall–Kier alpha value is -2.70. The minimum absolute atomic E-state index is 0.121. The van der Waals surface area contributed by atoms with E-state index in [1.165, 1.54) is 0 Å². The zero-order valence-electron chi connectivity index (χ0n) is 15.1. The number of carbonyl (C=O) groups is 1. The van der Waals surface area contributed by atoms with Gasteiger partial charge < -0.3 is 15.0 Å². The largest absolute Gasteiger partial charge is 0.378 e. The van der Waals surface area contributed by atoms with Crippen molar-refractivity contribution in [3.05, 3.63) is 65.2 Å². The van der Waals surface area contributed by atoms with Crippen LogP contribution in [0.1, 0.15) is 16.1 Å². The van der Waals surface area contributed by atoms with Crippen molar-refractivity contribution >= 4 is 28.6 Å². The van der Waals surface area contributed by atoms with E-state index in [4.69, 9.17) is 4.74 Å². The van der Waals surface area contributed by atoms with E-state index < -0.39 is 0 Å². The summed E-state index contributed by atoms with van der Waals surface area (Å²) in [6.07, 6.45) is 0. The number of nitrogens with one attached hydrogen (secondary N) is 1. The normalized spacial score (nSPS) is 14.2. The first-order chi connectivity index (χ1) is 13.2. The number of aromatic nitrogens is 1. The number of carbonyl (C=O) groups excluding carboxylic acids is 1. The van der Waals surface area contributed by atoms with Gasteiger partial charge in [-0.25, -0.2) is 4.98 Å². The monoisotopic (exact) mass is 379 g/mol. The predicted octanol–water partition coefficient (Wildman–Crippen LogP) is 4.21. The summed E-state index contributed by atoms with van der Waals surface area (Å²) >= 11 is 1.59. The molecule has 1 amide bonds. The van der Waals surface area contributed by atoms with Crippen molar-refractivity contribution in [1.29, 1.82) is 0 Å². The number of benzene rings is 2. The molecule has 1 aromatic heterocycles. The fraction of sp³-hybridized carbons (Fsp3) is 0.238. The van der Waals surface area contributed by atoms with Crippen LogP contribution in [0.15, 0.2) is 53.9 Å². The summed E-state index contributed by atoms with van der Waals surface area (Å²) in [6.45, 7) is 5.18. The molecule has 3 aromatic rings. The molecular weight excluding hydrogens is 358 g/mol. The van der Waals surface area contributed by atoms with Gasteiger partial charge in [0.1, 0.15) is 5.01 Å². The minimum atomic E-state index is -0.121. The van der Waals surface area contributed by atoms with Crippen LogP contribution in [0.25, 0.3) is 10.6 Å². The summed E-state index contributed by atoms with van der Waals surface area (Å²) in [5.74, 6) is -0.121. The highest BCUT2D eigenvalue weighted by molar-refractivity contribution is 7.13. The van der Waals surface area contributed by atoms with Gasteiger partial charge in [-0.15, -0.1) is 11.3 Å². The molecule has 0 unspecified atom stereocenters. The third-order valence-electron chi connectivity index (χ3n) is 4.47. The molecule has 2 heterocycles. The average Bonchev–Trinajstić information content (AvgIpc) is 3.15. The molecule has 5 nitrogen and oxygen atoms in total. The molecule has 138 valence electrons. The maximum Gasteiger partial charge on any atom is 0.255 e. The van der Waals surface area contributed by atoms with E-state index in [-0.39, 0.29) is 5.91 Å². The van der Waals surface area contributed by atoms with E-state index in [1.54, 1.807) is 11.3 Å². The van der Waals surface area contributed by atoms with Crippen molar-refractivity contribution in [2.45, 2.75) is 6.92 Å². The van der Waals surface area contributed by atoms with Gasteiger partial charge in [-0.3, -0.25) is 4.79 Å². The highest BCUT2D eigenvalue weighted by Gasteiger charge is 2.13. The van der Waals surface area contributed by atoms with E-state index in [1.807, 2.05) is 54.8 Å². The molecule has 6 heteroatoms. The second kappa shape index (κ2) is 7.90. The van der Waals surface area contributed by atoms with Crippen LogP contribution in [0.2, 0.25) is 0 Å². The highest BCUT2D eigenvalue weighted by Crippen LogP contribution is 2.25. The number of aryl methyl sites for hydroxylation is 1. The van der Waals surface area contributed by atoms with Gasteiger partial charge >= 0.3 is 0 Å². The molecule has 0 atom stereocenters. The van der Waals surface area contributed by atoms with Crippen molar-refractivity contribution in [3.8, 4) is 10.6 Å². The number of nitrogens with zero attached hydrogens (tertiary/aromatic N) is 2. The van der Waals surface area contributed by atoms with Crippen LogP contribution >= 0.6 is 11.3 Å². The number of rotatable bonds is 4. The van der Waals surface area contributed by atoms with Crippen molar-refractivity contribution in [2.24, 2.45) is 0 Å². The van der Waals surface area contributed by atoms with Crippen LogP contribution in [0.5, 0.6) is 0 Å². The van der Waals surface area contributed by atoms with Gasteiger partial charge in [-0.1, -0.05) is 18.2 Å². The molecule has 2 aromatic carbocycles. The quantitative estimate of drug-likeness (QED) is 0.738. The lowest BCUT2D eigenvalue weighted by atomic mass is 10.1. The van der Waals surface area contributed by atoms with Crippen LogP contribution in [-0.4, -0.2) is 37.2 Å². The van der Waals surface area contributed by atoms with Crippen LogP contribution < -0.4 is 10.2 Å². The maximum absolute atomic E-state index is 12.7. The molecule has 1 aliphatic heterocycles. The number of amides is 1. The number of hydrogen-bond donors (Lipinski definition) is 1. The van der Waals surface area contributed by atoms with Gasteiger partial charge in [0.2, 0.25) is 0 Å². The van der Waals surface area contributed by atoms with Gasteiger partial charge in [0.15, 0.2) is 0 Å². The molecule has 1 saturated heterocycles. The Labute approximate surface area is 162 Å². The van der Waals surface area contributed by atoms with Crippen LogP contribution in [0, 0.1) is 6.92 Å². The standard InChI is InChI=1S/C21H21N3O2S/c1-15-14-27-21(22-15)17-5-2-4-16(12-17)20(25)23-18-6-3-7-19(13-18)24-8-10-26-11-9-24/h2-7,12-14H,8-11H2,1H3,(H,23,25). The lowest BCUT2D eigenvalue weighted by Gasteiger charge is -2.29. The van der Waals surface area contributed by atoms with Gasteiger partial charge in [0, 0.05) is 46.7 Å². The third kappa shape index (κ3) is 4.18. The Morgan fingerprint density at radius 3 is 2.74 bits per heavy atom. The summed E-state index contributed by atoms with van der Waals surface area (Å²) in [7, 11) is 0. The Balaban J connectivity index is 1.51. The smallest absolute Gasteiger partial charge is 0.255 e. The van der Waals surface area contributed by atoms with Gasteiger partial charge in [-0.05, 0) is 37.3 Å². The first-order valence-electron chi connectivity index (χ1n) is 8.96. The molecule has 0 bridgehead atoms. The van der Waals surface area contributed by atoms with Gasteiger partial charge in [0.25, 0.3) is 5.91 Å². The number of anilines is 2. The summed E-state index contributed by atoms with van der Waals surface area (Å²) in [5, 5.41) is 5.95. The van der Waals surface area contributed by atoms with Crippen molar-refractivity contribution in [3.63, 3.8) is 0 Å². The SMILES string of the molecule is Cc1csc(-c2cccc(C(=O)Nc3cccc(N4CCOCC4)c3)c2)n1. The van der Waals surface area contributed by atoms with Gasteiger partial charge in [0.05, 0.1) is 13.2 Å². The summed E-state index contributed by atoms with van der Waals surface area (Å²) in [5.41, 5.74) is 4.47. The number of hydrogen-bond acceptors (Lipinski definition) is 5. The Morgan fingerprint density at radius 2 is 1.96 bits per heavy atom.